The molecule has 1 saturated carbocycles. The Morgan fingerprint density at radius 1 is 1.21 bits per heavy atom. The number of aryl methyl sites for hydroxylation is 1. The third-order valence-electron chi connectivity index (χ3n) is 8.16. The van der Waals surface area contributed by atoms with Crippen LogP contribution in [0.2, 0.25) is 0 Å². The fraction of sp³-hybridized carbons (Fsp3) is 0.556. The molecule has 1 aromatic heterocycles. The number of benzene rings is 1. The Bertz CT molecular complexity index is 1290. The van der Waals surface area contributed by atoms with Gasteiger partial charge in [-0.3, -0.25) is 9.59 Å². The minimum absolute atomic E-state index is 0.0412. The van der Waals surface area contributed by atoms with E-state index in [4.69, 9.17) is 0 Å². The van der Waals surface area contributed by atoms with Crippen molar-refractivity contribution in [3.8, 4) is 0 Å². The quantitative estimate of drug-likeness (QED) is 0.526. The first-order valence-electron chi connectivity index (χ1n) is 13.3. The van der Waals surface area contributed by atoms with E-state index in [-0.39, 0.29) is 35.1 Å². The molecule has 0 radical (unpaired) electrons. The first kappa shape index (κ1) is 27.2. The summed E-state index contributed by atoms with van der Waals surface area (Å²) in [5, 5.41) is 9.27. The largest absolute Gasteiger partial charge is 0.349 e. The zero-order chi connectivity index (χ0) is 28.1. The second-order valence-electron chi connectivity index (χ2n) is 11.3. The van der Waals surface area contributed by atoms with Crippen molar-refractivity contribution in [2.45, 2.75) is 64.5 Å². The molecule has 1 aliphatic carbocycles. The maximum atomic E-state index is 15.1. The van der Waals surface area contributed by atoms with Crippen LogP contribution >= 0.6 is 0 Å². The number of carbonyl (C=O) groups is 2. The molecule has 2 amide bonds. The second kappa shape index (κ2) is 9.96. The van der Waals surface area contributed by atoms with Crippen LogP contribution in [0, 0.1) is 18.2 Å². The number of hydrogen-bond acceptors (Lipinski definition) is 7. The molecule has 3 N–H and O–H groups in total. The van der Waals surface area contributed by atoms with Crippen molar-refractivity contribution in [3.63, 3.8) is 0 Å². The average molecular weight is 546 g/mol. The molecule has 2 fully saturated rings. The van der Waals surface area contributed by atoms with Gasteiger partial charge >= 0.3 is 5.92 Å². The lowest BCUT2D eigenvalue weighted by atomic mass is 9.60. The van der Waals surface area contributed by atoms with Crippen molar-refractivity contribution in [1.29, 1.82) is 0 Å². The van der Waals surface area contributed by atoms with Crippen molar-refractivity contribution >= 4 is 35.0 Å². The van der Waals surface area contributed by atoms with E-state index in [9.17, 15) is 18.4 Å². The topological polar surface area (TPSA) is 102 Å². The van der Waals surface area contributed by atoms with Gasteiger partial charge in [0, 0.05) is 24.8 Å². The van der Waals surface area contributed by atoms with Gasteiger partial charge in [0.15, 0.2) is 5.82 Å². The van der Waals surface area contributed by atoms with Crippen LogP contribution in [0.5, 0.6) is 0 Å². The number of aromatic nitrogens is 2. The molecule has 39 heavy (non-hydrogen) atoms. The van der Waals surface area contributed by atoms with E-state index in [0.29, 0.717) is 16.7 Å². The third kappa shape index (κ3) is 5.13. The number of alkyl halides is 2. The van der Waals surface area contributed by atoms with E-state index >= 15 is 4.39 Å². The molecule has 0 unspecified atom stereocenters. The van der Waals surface area contributed by atoms with E-state index in [2.05, 4.69) is 25.9 Å². The molecule has 3 aliphatic rings. The van der Waals surface area contributed by atoms with Crippen LogP contribution in [0.25, 0.3) is 0 Å². The Kier molecular flexibility index (Phi) is 6.94. The number of carbonyl (C=O) groups excluding carboxylic acids is 2. The highest BCUT2D eigenvalue weighted by Gasteiger charge is 2.48. The van der Waals surface area contributed by atoms with Gasteiger partial charge < -0.3 is 25.8 Å². The molecule has 9 nitrogen and oxygen atoms in total. The highest BCUT2D eigenvalue weighted by atomic mass is 19.3. The number of hydrogen-bond donors (Lipinski definition) is 3. The Morgan fingerprint density at radius 3 is 2.56 bits per heavy atom. The summed E-state index contributed by atoms with van der Waals surface area (Å²) < 4.78 is 44.2. The number of rotatable bonds is 5. The summed E-state index contributed by atoms with van der Waals surface area (Å²) >= 11 is 0. The lowest BCUT2D eigenvalue weighted by Crippen LogP contribution is -2.54. The monoisotopic (exact) mass is 545 g/mol. The molecule has 2 aromatic rings. The Morgan fingerprint density at radius 2 is 1.90 bits per heavy atom. The highest BCUT2D eigenvalue weighted by molar-refractivity contribution is 6.02. The Labute approximate surface area is 225 Å². The van der Waals surface area contributed by atoms with Crippen molar-refractivity contribution in [3.05, 3.63) is 35.3 Å². The summed E-state index contributed by atoms with van der Waals surface area (Å²) in [7, 11) is 1.26. The number of amides is 2. The Balaban J connectivity index is 1.33. The highest BCUT2D eigenvalue weighted by Crippen LogP contribution is 2.48. The van der Waals surface area contributed by atoms with Gasteiger partial charge in [0.25, 0.3) is 11.8 Å². The van der Waals surface area contributed by atoms with Gasteiger partial charge in [0.1, 0.15) is 11.5 Å². The molecule has 3 heterocycles. The van der Waals surface area contributed by atoms with Gasteiger partial charge in [-0.1, -0.05) is 0 Å². The van der Waals surface area contributed by atoms with Gasteiger partial charge in [-0.15, -0.1) is 0 Å². The van der Waals surface area contributed by atoms with E-state index in [1.807, 2.05) is 0 Å². The smallest absolute Gasteiger partial charge is 0.342 e. The molecule has 2 aliphatic heterocycles. The van der Waals surface area contributed by atoms with Crippen LogP contribution in [0.4, 0.5) is 36.3 Å². The third-order valence-corrected chi connectivity index (χ3v) is 8.16. The van der Waals surface area contributed by atoms with Crippen molar-refractivity contribution < 1.29 is 22.8 Å². The minimum Gasteiger partial charge on any atom is -0.349 e. The summed E-state index contributed by atoms with van der Waals surface area (Å²) in [6.45, 7) is 6.34. The van der Waals surface area contributed by atoms with Crippen LogP contribution < -0.4 is 25.8 Å². The maximum Gasteiger partial charge on any atom is 0.342 e. The molecular formula is C27H34F3N7O2. The van der Waals surface area contributed by atoms with Crippen LogP contribution in [0.1, 0.15) is 55.5 Å². The van der Waals surface area contributed by atoms with Crippen molar-refractivity contribution in [1.82, 2.24) is 20.6 Å². The first-order valence-corrected chi connectivity index (χ1v) is 13.3. The van der Waals surface area contributed by atoms with Gasteiger partial charge in [-0.2, -0.15) is 13.8 Å². The van der Waals surface area contributed by atoms with Gasteiger partial charge in [-0.05, 0) is 82.7 Å². The number of fused-ring (bicyclic) bond motifs is 1. The summed E-state index contributed by atoms with van der Waals surface area (Å²) in [5.41, 5.74) is 1.32. The fourth-order valence-electron chi connectivity index (χ4n) is 5.84. The van der Waals surface area contributed by atoms with Crippen molar-refractivity contribution in [2.24, 2.45) is 5.41 Å². The fourth-order valence-corrected chi connectivity index (χ4v) is 5.84. The standard InChI is InChI=1S/C27H34F3N7O2/c1-15(2)37-14-27(29,30)24(39)36(4)21-13-32-25(35-22(21)37)34-20-10-19(28)18(9-16(20)3)23(38)33-17-11-26(12-17)5-7-31-8-6-26/h9-10,13,15,17,31H,5-8,11-12,14H2,1-4H3,(H,33,38)(H,32,34,35). The number of piperidine rings is 1. The molecule has 1 spiro atoms. The predicted octanol–water partition coefficient (Wildman–Crippen LogP) is 3.76. The summed E-state index contributed by atoms with van der Waals surface area (Å²) in [4.78, 5) is 36.0. The molecule has 12 heteroatoms. The molecular weight excluding hydrogens is 511 g/mol. The second-order valence-corrected chi connectivity index (χ2v) is 11.3. The van der Waals surface area contributed by atoms with Gasteiger partial charge in [0.05, 0.1) is 18.3 Å². The number of nitrogens with zero attached hydrogens (tertiary/aromatic N) is 4. The van der Waals surface area contributed by atoms with Crippen molar-refractivity contribution in [2.75, 3.05) is 41.8 Å². The average Bonchev–Trinajstić information content (AvgIpc) is 2.94. The minimum atomic E-state index is -3.60. The number of nitrogens with one attached hydrogen (secondary N) is 3. The number of anilines is 4. The molecule has 1 aromatic carbocycles. The van der Waals surface area contributed by atoms with Crippen LogP contribution in [0.3, 0.4) is 0 Å². The molecule has 0 bridgehead atoms. The van der Waals surface area contributed by atoms with Gasteiger partial charge in [-0.25, -0.2) is 9.37 Å². The van der Waals surface area contributed by atoms with E-state index < -0.39 is 30.1 Å². The normalized spacial score (nSPS) is 20.5. The molecule has 0 atom stereocenters. The lowest BCUT2D eigenvalue weighted by molar-refractivity contribution is -0.140. The van der Waals surface area contributed by atoms with E-state index in [1.165, 1.54) is 30.3 Å². The van der Waals surface area contributed by atoms with Crippen LogP contribution in [-0.4, -0.2) is 66.5 Å². The number of halogens is 3. The SMILES string of the molecule is Cc1cc(C(=O)NC2CC3(CCNCC3)C2)c(F)cc1Nc1ncc2c(n1)N(C(C)C)CC(F)(F)C(=O)N2C. The maximum absolute atomic E-state index is 15.1. The van der Waals surface area contributed by atoms with Crippen LogP contribution in [-0.2, 0) is 4.79 Å². The zero-order valence-corrected chi connectivity index (χ0v) is 22.6. The Hall–Kier alpha value is -3.41. The van der Waals surface area contributed by atoms with E-state index in [0.717, 1.165) is 43.7 Å². The van der Waals surface area contributed by atoms with E-state index in [1.54, 1.807) is 20.8 Å². The molecule has 1 saturated heterocycles. The lowest BCUT2D eigenvalue weighted by Gasteiger charge is -2.50. The molecule has 210 valence electrons. The first-order chi connectivity index (χ1) is 18.4. The zero-order valence-electron chi connectivity index (χ0n) is 22.6. The molecule has 5 rings (SSSR count). The van der Waals surface area contributed by atoms with Crippen LogP contribution in [0.15, 0.2) is 18.3 Å². The summed E-state index contributed by atoms with van der Waals surface area (Å²) in [5.74, 6) is -5.87. The summed E-state index contributed by atoms with van der Waals surface area (Å²) in [6.07, 6.45) is 5.32. The predicted molar refractivity (Wildman–Crippen MR) is 142 cm³/mol. The summed E-state index contributed by atoms with van der Waals surface area (Å²) in [6, 6.07) is 2.35. The van der Waals surface area contributed by atoms with Gasteiger partial charge in [0.2, 0.25) is 5.95 Å².